The van der Waals surface area contributed by atoms with Crippen LogP contribution in [0.3, 0.4) is 0 Å². The molecule has 2 rings (SSSR count). The zero-order valence-corrected chi connectivity index (χ0v) is 15.9. The van der Waals surface area contributed by atoms with Crippen molar-refractivity contribution in [3.05, 3.63) is 55.0 Å². The number of ether oxygens (including phenoxy) is 2. The molecule has 0 atom stereocenters. The summed E-state index contributed by atoms with van der Waals surface area (Å²) in [7, 11) is 3.10. The first kappa shape index (κ1) is 18.2. The molecular formula is C15H13Br2N3O4. The lowest BCUT2D eigenvalue weighted by Crippen LogP contribution is -1.97. The zero-order valence-electron chi connectivity index (χ0n) is 12.7. The molecule has 1 N–H and O–H groups in total. The summed E-state index contributed by atoms with van der Waals surface area (Å²) in [6.45, 7) is 0. The number of hydrogen-bond acceptors (Lipinski definition) is 6. The molecule has 0 radical (unpaired) electrons. The average Bonchev–Trinajstić information content (AvgIpc) is 2.58. The number of benzene rings is 2. The second kappa shape index (κ2) is 8.11. The normalized spacial score (nSPS) is 10.7. The van der Waals surface area contributed by atoms with E-state index in [2.05, 4.69) is 42.4 Å². The first-order valence-corrected chi connectivity index (χ1v) is 8.20. The molecule has 2 aromatic rings. The Morgan fingerprint density at radius 2 is 1.83 bits per heavy atom. The smallest absolute Gasteiger partial charge is 0.269 e. The largest absolute Gasteiger partial charge is 0.493 e. The molecule has 24 heavy (non-hydrogen) atoms. The number of non-ortho nitro benzene ring substituents is 1. The van der Waals surface area contributed by atoms with Crippen molar-refractivity contribution < 1.29 is 14.4 Å². The number of nitrogens with zero attached hydrogens (tertiary/aromatic N) is 2. The molecule has 0 aliphatic carbocycles. The highest BCUT2D eigenvalue weighted by Gasteiger charge is 2.15. The lowest BCUT2D eigenvalue weighted by Gasteiger charge is -2.12. The number of rotatable bonds is 6. The van der Waals surface area contributed by atoms with E-state index in [4.69, 9.17) is 9.47 Å². The third-order valence-corrected chi connectivity index (χ3v) is 5.20. The van der Waals surface area contributed by atoms with Crippen molar-refractivity contribution >= 4 is 49.4 Å². The summed E-state index contributed by atoms with van der Waals surface area (Å²) in [4.78, 5) is 10.2. The molecule has 0 bridgehead atoms. The van der Waals surface area contributed by atoms with Crippen LogP contribution in [-0.2, 0) is 0 Å². The molecule has 0 spiro atoms. The number of nitro benzene ring substituents is 1. The summed E-state index contributed by atoms with van der Waals surface area (Å²) in [5.74, 6) is 1.13. The van der Waals surface area contributed by atoms with Crippen LogP contribution in [0.2, 0.25) is 0 Å². The van der Waals surface area contributed by atoms with Gasteiger partial charge in [0.15, 0.2) is 11.5 Å². The van der Waals surface area contributed by atoms with Gasteiger partial charge in [-0.1, -0.05) is 0 Å². The monoisotopic (exact) mass is 457 g/mol. The van der Waals surface area contributed by atoms with Gasteiger partial charge in [-0.3, -0.25) is 15.5 Å². The number of methoxy groups -OCH3 is 2. The predicted molar refractivity (Wildman–Crippen MR) is 99.3 cm³/mol. The number of anilines is 1. The third kappa shape index (κ3) is 4.04. The first-order valence-electron chi connectivity index (χ1n) is 6.61. The van der Waals surface area contributed by atoms with Gasteiger partial charge >= 0.3 is 0 Å². The van der Waals surface area contributed by atoms with Crippen LogP contribution >= 0.6 is 31.9 Å². The van der Waals surface area contributed by atoms with Crippen molar-refractivity contribution in [1.29, 1.82) is 0 Å². The Labute approximate surface area is 155 Å². The number of hydrazone groups is 1. The van der Waals surface area contributed by atoms with E-state index in [1.54, 1.807) is 38.6 Å². The van der Waals surface area contributed by atoms with Crippen molar-refractivity contribution in [3.8, 4) is 11.5 Å². The Morgan fingerprint density at radius 3 is 2.38 bits per heavy atom. The maximum Gasteiger partial charge on any atom is 0.269 e. The Kier molecular flexibility index (Phi) is 6.16. The lowest BCUT2D eigenvalue weighted by molar-refractivity contribution is -0.384. The van der Waals surface area contributed by atoms with E-state index in [9.17, 15) is 10.1 Å². The van der Waals surface area contributed by atoms with Gasteiger partial charge in [-0.05, 0) is 50.1 Å². The maximum atomic E-state index is 10.6. The molecule has 0 saturated heterocycles. The summed E-state index contributed by atoms with van der Waals surface area (Å²) >= 11 is 6.91. The van der Waals surface area contributed by atoms with Gasteiger partial charge in [-0.25, -0.2) is 0 Å². The molecular weight excluding hydrogens is 446 g/mol. The highest BCUT2D eigenvalue weighted by molar-refractivity contribution is 9.13. The third-order valence-electron chi connectivity index (χ3n) is 3.06. The van der Waals surface area contributed by atoms with Crippen LogP contribution < -0.4 is 14.9 Å². The molecule has 9 heteroatoms. The Hall–Kier alpha value is -2.13. The fourth-order valence-electron chi connectivity index (χ4n) is 1.87. The van der Waals surface area contributed by atoms with Gasteiger partial charge in [0.2, 0.25) is 0 Å². The van der Waals surface area contributed by atoms with E-state index >= 15 is 0 Å². The van der Waals surface area contributed by atoms with Gasteiger partial charge < -0.3 is 9.47 Å². The van der Waals surface area contributed by atoms with Gasteiger partial charge in [-0.15, -0.1) is 0 Å². The minimum Gasteiger partial charge on any atom is -0.493 e. The molecule has 0 aromatic heterocycles. The minimum absolute atomic E-state index is 0.0242. The van der Waals surface area contributed by atoms with Crippen molar-refractivity contribution in [2.45, 2.75) is 0 Å². The standard InChI is InChI=1S/C15H13Br2N3O4/c1-23-12-7-9(13(16)14(17)15(12)24-2)8-18-19-10-3-5-11(6-4-10)20(21)22/h3-8,19H,1-2H3/b18-8+. The molecule has 2 aromatic carbocycles. The van der Waals surface area contributed by atoms with Crippen LogP contribution in [0.1, 0.15) is 5.56 Å². The van der Waals surface area contributed by atoms with Gasteiger partial charge in [0.05, 0.1) is 35.5 Å². The Balaban J connectivity index is 2.20. The summed E-state index contributed by atoms with van der Waals surface area (Å²) in [5, 5.41) is 14.7. The summed E-state index contributed by atoms with van der Waals surface area (Å²) in [6.07, 6.45) is 1.60. The average molecular weight is 459 g/mol. The van der Waals surface area contributed by atoms with Crippen molar-refractivity contribution in [3.63, 3.8) is 0 Å². The number of halogens is 2. The molecule has 0 amide bonds. The molecule has 7 nitrogen and oxygen atoms in total. The SMILES string of the molecule is COc1cc(/C=N/Nc2ccc([N+](=O)[O-])cc2)c(Br)c(Br)c1OC. The molecule has 0 aliphatic heterocycles. The second-order valence-corrected chi connectivity index (χ2v) is 6.09. The van der Waals surface area contributed by atoms with Crippen LogP contribution in [0.25, 0.3) is 0 Å². The summed E-state index contributed by atoms with van der Waals surface area (Å²) in [5.41, 5.74) is 4.23. The lowest BCUT2D eigenvalue weighted by atomic mass is 10.2. The molecule has 0 aliphatic rings. The maximum absolute atomic E-state index is 10.6. The van der Waals surface area contributed by atoms with Crippen LogP contribution in [0.15, 0.2) is 44.4 Å². The highest BCUT2D eigenvalue weighted by atomic mass is 79.9. The fraction of sp³-hybridized carbons (Fsp3) is 0.133. The van der Waals surface area contributed by atoms with Crippen molar-refractivity contribution in [2.75, 3.05) is 19.6 Å². The molecule has 0 heterocycles. The summed E-state index contributed by atoms with van der Waals surface area (Å²) in [6, 6.07) is 7.74. The van der Waals surface area contributed by atoms with Crippen molar-refractivity contribution in [1.82, 2.24) is 0 Å². The van der Waals surface area contributed by atoms with Gasteiger partial charge in [0.1, 0.15) is 0 Å². The van der Waals surface area contributed by atoms with E-state index in [0.717, 1.165) is 10.0 Å². The van der Waals surface area contributed by atoms with E-state index < -0.39 is 4.92 Å². The second-order valence-electron chi connectivity index (χ2n) is 4.50. The molecule has 0 unspecified atom stereocenters. The van der Waals surface area contributed by atoms with E-state index in [1.165, 1.54) is 12.1 Å². The van der Waals surface area contributed by atoms with E-state index in [-0.39, 0.29) is 5.69 Å². The number of nitro groups is 1. The first-order chi connectivity index (χ1) is 11.5. The fourth-order valence-corrected chi connectivity index (χ4v) is 2.86. The quantitative estimate of drug-likeness (QED) is 0.389. The molecule has 0 saturated carbocycles. The molecule has 0 fully saturated rings. The zero-order chi connectivity index (χ0) is 17.7. The van der Waals surface area contributed by atoms with Crippen LogP contribution in [0.5, 0.6) is 11.5 Å². The predicted octanol–water partition coefficient (Wildman–Crippen LogP) is 4.58. The van der Waals surface area contributed by atoms with Crippen LogP contribution in [-0.4, -0.2) is 25.4 Å². The minimum atomic E-state index is -0.453. The van der Waals surface area contributed by atoms with Gasteiger partial charge in [-0.2, -0.15) is 5.10 Å². The van der Waals surface area contributed by atoms with E-state index in [1.807, 2.05) is 0 Å². The Bertz CT molecular complexity index is 779. The van der Waals surface area contributed by atoms with Crippen LogP contribution in [0, 0.1) is 10.1 Å². The van der Waals surface area contributed by atoms with Gasteiger partial charge in [0.25, 0.3) is 5.69 Å². The van der Waals surface area contributed by atoms with Crippen LogP contribution in [0.4, 0.5) is 11.4 Å². The van der Waals surface area contributed by atoms with E-state index in [0.29, 0.717) is 21.7 Å². The Morgan fingerprint density at radius 1 is 1.17 bits per heavy atom. The summed E-state index contributed by atoms with van der Waals surface area (Å²) < 4.78 is 12.0. The van der Waals surface area contributed by atoms with Gasteiger partial charge in [0, 0.05) is 22.2 Å². The number of nitrogens with one attached hydrogen (secondary N) is 1. The highest BCUT2D eigenvalue weighted by Crippen LogP contribution is 2.41. The number of hydrogen-bond donors (Lipinski definition) is 1. The topological polar surface area (TPSA) is 86.0 Å². The van der Waals surface area contributed by atoms with Crippen molar-refractivity contribution in [2.24, 2.45) is 5.10 Å². The molecule has 126 valence electrons.